The highest BCUT2D eigenvalue weighted by molar-refractivity contribution is 5.78. The van der Waals surface area contributed by atoms with Gasteiger partial charge in [-0.2, -0.15) is 13.2 Å². The van der Waals surface area contributed by atoms with Gasteiger partial charge < -0.3 is 15.0 Å². The average Bonchev–Trinajstić information content (AvgIpc) is 2.96. The molecule has 1 fully saturated rings. The van der Waals surface area contributed by atoms with E-state index in [-0.39, 0.29) is 50.7 Å². The number of hydrogen-bond acceptors (Lipinski definition) is 3. The summed E-state index contributed by atoms with van der Waals surface area (Å²) in [6.45, 7) is -1.15. The molecule has 28 heavy (non-hydrogen) atoms. The summed E-state index contributed by atoms with van der Waals surface area (Å²) >= 11 is 0. The van der Waals surface area contributed by atoms with E-state index in [2.05, 4.69) is 20.0 Å². The summed E-state index contributed by atoms with van der Waals surface area (Å²) in [5.74, 6) is -2.67. The van der Waals surface area contributed by atoms with E-state index in [9.17, 15) is 26.7 Å². The minimum absolute atomic E-state index is 0.0873. The molecule has 0 saturated heterocycles. The van der Waals surface area contributed by atoms with Crippen LogP contribution in [-0.2, 0) is 22.5 Å². The maximum atomic E-state index is 12.8. The number of rotatable bonds is 8. The van der Waals surface area contributed by atoms with Gasteiger partial charge in [-0.3, -0.25) is 4.79 Å². The van der Waals surface area contributed by atoms with Crippen molar-refractivity contribution in [3.05, 3.63) is 29.6 Å². The van der Waals surface area contributed by atoms with Crippen LogP contribution in [-0.4, -0.2) is 41.2 Å². The van der Waals surface area contributed by atoms with Gasteiger partial charge in [0.05, 0.1) is 17.6 Å². The summed E-state index contributed by atoms with van der Waals surface area (Å²) in [4.78, 5) is 19.1. The summed E-state index contributed by atoms with van der Waals surface area (Å²) in [5, 5.41) is 2.71. The number of aromatic amines is 1. The van der Waals surface area contributed by atoms with Gasteiger partial charge in [-0.1, -0.05) is 6.07 Å². The van der Waals surface area contributed by atoms with Gasteiger partial charge in [0.2, 0.25) is 11.8 Å². The smallest absolute Gasteiger partial charge is 0.372 e. The maximum Gasteiger partial charge on any atom is 0.411 e. The number of fused-ring (bicyclic) bond motifs is 1. The van der Waals surface area contributed by atoms with Crippen LogP contribution in [0.5, 0.6) is 0 Å². The van der Waals surface area contributed by atoms with Crippen molar-refractivity contribution in [3.63, 3.8) is 0 Å². The number of alkyl halides is 5. The number of ether oxygens (including phenoxy) is 1. The average molecular weight is 405 g/mol. The second kappa shape index (κ2) is 8.02. The predicted octanol–water partition coefficient (Wildman–Crippen LogP) is 3.74. The number of H-pyrrole nitrogens is 1. The Hall–Kier alpha value is -2.23. The zero-order valence-electron chi connectivity index (χ0n) is 14.9. The molecule has 0 bridgehead atoms. The van der Waals surface area contributed by atoms with E-state index in [4.69, 9.17) is 0 Å². The molecule has 1 aliphatic rings. The van der Waals surface area contributed by atoms with Crippen LogP contribution in [0, 0.1) is 5.92 Å². The van der Waals surface area contributed by atoms with Crippen LogP contribution in [0.1, 0.15) is 30.7 Å². The fourth-order valence-corrected chi connectivity index (χ4v) is 3.16. The molecule has 0 aliphatic heterocycles. The lowest BCUT2D eigenvalue weighted by atomic mass is 9.79. The third-order valence-corrected chi connectivity index (χ3v) is 4.48. The molecular weight excluding hydrogens is 385 g/mol. The number of hydrogen-bond donors (Lipinski definition) is 2. The molecular formula is C18H20F5N3O2. The van der Waals surface area contributed by atoms with Crippen molar-refractivity contribution in [1.29, 1.82) is 0 Å². The highest BCUT2D eigenvalue weighted by Gasteiger charge is 2.45. The molecule has 0 spiro atoms. The fraction of sp³-hybridized carbons (Fsp3) is 0.556. The van der Waals surface area contributed by atoms with Crippen molar-refractivity contribution in [1.82, 2.24) is 15.3 Å². The molecule has 1 heterocycles. The van der Waals surface area contributed by atoms with Gasteiger partial charge in [-0.05, 0) is 23.6 Å². The van der Waals surface area contributed by atoms with E-state index in [1.54, 1.807) is 18.2 Å². The maximum absolute atomic E-state index is 12.8. The van der Waals surface area contributed by atoms with Crippen LogP contribution in [0.25, 0.3) is 11.0 Å². The molecule has 5 nitrogen and oxygen atoms in total. The SMILES string of the molecule is O=C(CC1CC(F)(F)C1)NCc1ccc2nc(CCOCC(F)(F)F)[nH]c2c1. The Labute approximate surface area is 157 Å². The number of aromatic nitrogens is 2. The van der Waals surface area contributed by atoms with Gasteiger partial charge >= 0.3 is 6.18 Å². The van der Waals surface area contributed by atoms with Crippen LogP contribution in [0.4, 0.5) is 22.0 Å². The first-order chi connectivity index (χ1) is 13.1. The molecule has 154 valence electrons. The van der Waals surface area contributed by atoms with Crippen LogP contribution >= 0.6 is 0 Å². The third kappa shape index (κ3) is 5.88. The van der Waals surface area contributed by atoms with Crippen LogP contribution in [0.15, 0.2) is 18.2 Å². The first kappa shape index (κ1) is 20.5. The number of nitrogens with zero attached hydrogens (tertiary/aromatic N) is 1. The van der Waals surface area contributed by atoms with Crippen molar-refractivity contribution in [3.8, 4) is 0 Å². The number of halogens is 5. The standard InChI is InChI=1S/C18H20F5N3O2/c19-17(20)7-12(8-17)6-16(27)24-9-11-1-2-13-14(5-11)26-15(25-13)3-4-28-10-18(21,22)23/h1-2,5,12H,3-4,6-10H2,(H,24,27)(H,25,26). The van der Waals surface area contributed by atoms with Gasteiger partial charge in [-0.15, -0.1) is 0 Å². The van der Waals surface area contributed by atoms with Crippen molar-refractivity contribution in [2.75, 3.05) is 13.2 Å². The normalized spacial score (nSPS) is 16.9. The summed E-state index contributed by atoms with van der Waals surface area (Å²) in [7, 11) is 0. The molecule has 1 saturated carbocycles. The molecule has 0 radical (unpaired) electrons. The van der Waals surface area contributed by atoms with Gasteiger partial charge in [0.15, 0.2) is 0 Å². The van der Waals surface area contributed by atoms with E-state index in [0.29, 0.717) is 16.9 Å². The third-order valence-electron chi connectivity index (χ3n) is 4.48. The van der Waals surface area contributed by atoms with Crippen molar-refractivity contribution >= 4 is 16.9 Å². The van der Waals surface area contributed by atoms with E-state index in [1.165, 1.54) is 0 Å². The number of nitrogens with one attached hydrogen (secondary N) is 2. The molecule has 2 aromatic rings. The van der Waals surface area contributed by atoms with E-state index < -0.39 is 18.7 Å². The van der Waals surface area contributed by atoms with E-state index in [1.807, 2.05) is 0 Å². The van der Waals surface area contributed by atoms with E-state index >= 15 is 0 Å². The minimum Gasteiger partial charge on any atom is -0.372 e. The van der Waals surface area contributed by atoms with Gasteiger partial charge in [0, 0.05) is 32.2 Å². The lowest BCUT2D eigenvalue weighted by Crippen LogP contribution is -2.38. The Balaban J connectivity index is 1.46. The molecule has 1 aromatic carbocycles. The van der Waals surface area contributed by atoms with Gasteiger partial charge in [0.1, 0.15) is 12.4 Å². The number of carbonyl (C=O) groups is 1. The Kier molecular flexibility index (Phi) is 5.87. The topological polar surface area (TPSA) is 67.0 Å². The summed E-state index contributed by atoms with van der Waals surface area (Å²) in [5.41, 5.74) is 2.14. The highest BCUT2D eigenvalue weighted by atomic mass is 19.4. The number of imidazole rings is 1. The summed E-state index contributed by atoms with van der Waals surface area (Å²) < 4.78 is 66.3. The molecule has 3 rings (SSSR count). The van der Waals surface area contributed by atoms with Gasteiger partial charge in [0.25, 0.3) is 0 Å². The second-order valence-corrected chi connectivity index (χ2v) is 7.06. The summed E-state index contributed by atoms with van der Waals surface area (Å²) in [6, 6.07) is 5.28. The largest absolute Gasteiger partial charge is 0.411 e. The molecule has 1 aliphatic carbocycles. The Morgan fingerprint density at radius 1 is 1.32 bits per heavy atom. The van der Waals surface area contributed by atoms with Crippen LogP contribution in [0.3, 0.4) is 0 Å². The highest BCUT2D eigenvalue weighted by Crippen LogP contribution is 2.43. The molecule has 2 N–H and O–H groups in total. The predicted molar refractivity (Wildman–Crippen MR) is 90.8 cm³/mol. The van der Waals surface area contributed by atoms with Crippen LogP contribution in [0.2, 0.25) is 0 Å². The molecule has 10 heteroatoms. The van der Waals surface area contributed by atoms with E-state index in [0.717, 1.165) is 5.56 Å². The first-order valence-electron chi connectivity index (χ1n) is 8.86. The van der Waals surface area contributed by atoms with Gasteiger partial charge in [-0.25, -0.2) is 13.8 Å². The number of amides is 1. The zero-order valence-corrected chi connectivity index (χ0v) is 14.9. The molecule has 1 amide bonds. The summed E-state index contributed by atoms with van der Waals surface area (Å²) in [6.07, 6.45) is -4.54. The number of benzene rings is 1. The molecule has 1 aromatic heterocycles. The second-order valence-electron chi connectivity index (χ2n) is 7.06. The Bertz CT molecular complexity index is 826. The zero-order chi connectivity index (χ0) is 20.4. The van der Waals surface area contributed by atoms with Crippen molar-refractivity contribution in [2.45, 2.75) is 44.3 Å². The number of carbonyl (C=O) groups excluding carboxylic acids is 1. The molecule has 0 atom stereocenters. The Morgan fingerprint density at radius 2 is 2.07 bits per heavy atom. The lowest BCUT2D eigenvalue weighted by molar-refractivity contribution is -0.173. The monoisotopic (exact) mass is 405 g/mol. The lowest BCUT2D eigenvalue weighted by Gasteiger charge is -2.34. The Morgan fingerprint density at radius 3 is 2.75 bits per heavy atom. The van der Waals surface area contributed by atoms with Crippen molar-refractivity contribution in [2.24, 2.45) is 5.92 Å². The minimum atomic E-state index is -4.35. The first-order valence-corrected chi connectivity index (χ1v) is 8.86. The fourth-order valence-electron chi connectivity index (χ4n) is 3.16. The molecule has 0 unspecified atom stereocenters. The quantitative estimate of drug-likeness (QED) is 0.520. The van der Waals surface area contributed by atoms with Crippen LogP contribution < -0.4 is 5.32 Å². The van der Waals surface area contributed by atoms with Crippen molar-refractivity contribution < 1.29 is 31.5 Å².